The highest BCUT2D eigenvalue weighted by molar-refractivity contribution is 14.1. The topological polar surface area (TPSA) is 9.23 Å². The Balaban J connectivity index is 2.13. The first-order valence-corrected chi connectivity index (χ1v) is 6.35. The van der Waals surface area contributed by atoms with E-state index < -0.39 is 0 Å². The molecule has 4 atom stereocenters. The molecule has 0 saturated heterocycles. The predicted octanol–water partition coefficient (Wildman–Crippen LogP) is 3.26. The Morgan fingerprint density at radius 2 is 1.85 bits per heavy atom. The molecular formula is C11H19IO. The average Bonchev–Trinajstić information content (AvgIpc) is 2.56. The van der Waals surface area contributed by atoms with Crippen molar-refractivity contribution >= 4 is 22.6 Å². The fourth-order valence-electron chi connectivity index (χ4n) is 2.98. The van der Waals surface area contributed by atoms with E-state index in [2.05, 4.69) is 43.4 Å². The second-order valence-electron chi connectivity index (χ2n) is 5.46. The summed E-state index contributed by atoms with van der Waals surface area (Å²) in [5.41, 5.74) is 0.731. The minimum atomic E-state index is 0.134. The van der Waals surface area contributed by atoms with Crippen molar-refractivity contribution in [3.05, 3.63) is 0 Å². The summed E-state index contributed by atoms with van der Waals surface area (Å²) in [6.45, 7) is 7.09. The van der Waals surface area contributed by atoms with Gasteiger partial charge in [-0.3, -0.25) is 0 Å². The van der Waals surface area contributed by atoms with E-state index in [4.69, 9.17) is 4.74 Å². The molecule has 2 aliphatic carbocycles. The summed E-state index contributed by atoms with van der Waals surface area (Å²) in [6, 6.07) is 0. The third-order valence-electron chi connectivity index (χ3n) is 4.50. The Morgan fingerprint density at radius 3 is 2.38 bits per heavy atom. The number of rotatable bonds is 1. The van der Waals surface area contributed by atoms with Crippen LogP contribution in [-0.4, -0.2) is 16.6 Å². The summed E-state index contributed by atoms with van der Waals surface area (Å²) in [6.07, 6.45) is 2.61. The van der Waals surface area contributed by atoms with Crippen LogP contribution in [0.5, 0.6) is 0 Å². The summed E-state index contributed by atoms with van der Waals surface area (Å²) in [5, 5.41) is 0. The van der Waals surface area contributed by atoms with E-state index in [0.29, 0.717) is 9.34 Å². The van der Waals surface area contributed by atoms with Crippen molar-refractivity contribution in [3.8, 4) is 0 Å². The molecule has 0 aromatic carbocycles. The van der Waals surface area contributed by atoms with Gasteiger partial charge in [-0.05, 0) is 37.0 Å². The van der Waals surface area contributed by atoms with Gasteiger partial charge in [0.25, 0.3) is 0 Å². The van der Waals surface area contributed by atoms with E-state index in [-0.39, 0.29) is 5.60 Å². The van der Waals surface area contributed by atoms with Crippen LogP contribution < -0.4 is 0 Å². The molecule has 76 valence electrons. The first-order valence-electron chi connectivity index (χ1n) is 5.11. The lowest BCUT2D eigenvalue weighted by Crippen LogP contribution is -2.41. The summed E-state index contributed by atoms with van der Waals surface area (Å²) in [7, 11) is 1.86. The van der Waals surface area contributed by atoms with Crippen molar-refractivity contribution in [2.75, 3.05) is 7.11 Å². The Bertz CT molecular complexity index is 226. The van der Waals surface area contributed by atoms with Crippen LogP contribution in [0.1, 0.15) is 33.6 Å². The van der Waals surface area contributed by atoms with Crippen molar-refractivity contribution in [2.24, 2.45) is 17.3 Å². The van der Waals surface area contributed by atoms with Crippen LogP contribution in [-0.2, 0) is 4.74 Å². The number of fused-ring (bicyclic) bond motifs is 1. The summed E-state index contributed by atoms with van der Waals surface area (Å²) < 4.78 is 6.37. The van der Waals surface area contributed by atoms with Gasteiger partial charge in [-0.1, -0.05) is 36.4 Å². The first-order chi connectivity index (χ1) is 5.92. The molecule has 0 aromatic heterocycles. The molecule has 0 aromatic rings. The Morgan fingerprint density at radius 1 is 1.23 bits per heavy atom. The van der Waals surface area contributed by atoms with E-state index in [1.165, 1.54) is 12.8 Å². The van der Waals surface area contributed by atoms with Gasteiger partial charge in [-0.2, -0.15) is 0 Å². The number of ether oxygens (including phenoxy) is 1. The maximum absolute atomic E-state index is 5.67. The lowest BCUT2D eigenvalue weighted by atomic mass is 9.86. The Hall–Kier alpha value is 0.690. The highest BCUT2D eigenvalue weighted by Crippen LogP contribution is 2.67. The number of hydrogen-bond acceptors (Lipinski definition) is 1. The molecule has 0 N–H and O–H groups in total. The average molecular weight is 294 g/mol. The molecule has 13 heavy (non-hydrogen) atoms. The second-order valence-corrected chi connectivity index (χ2v) is 6.96. The third kappa shape index (κ3) is 1.36. The molecule has 0 heterocycles. The van der Waals surface area contributed by atoms with Crippen LogP contribution in [0.15, 0.2) is 0 Å². The van der Waals surface area contributed by atoms with E-state index in [1.807, 2.05) is 7.11 Å². The molecular weight excluding hydrogens is 275 g/mol. The molecule has 0 aliphatic heterocycles. The van der Waals surface area contributed by atoms with E-state index >= 15 is 0 Å². The first kappa shape index (κ1) is 10.2. The maximum atomic E-state index is 5.67. The van der Waals surface area contributed by atoms with Crippen LogP contribution in [0.2, 0.25) is 0 Å². The zero-order valence-corrected chi connectivity index (χ0v) is 11.1. The molecule has 1 nitrogen and oxygen atoms in total. The van der Waals surface area contributed by atoms with Gasteiger partial charge in [0.1, 0.15) is 0 Å². The van der Waals surface area contributed by atoms with Crippen molar-refractivity contribution < 1.29 is 4.74 Å². The molecule has 2 fully saturated rings. The molecule has 0 bridgehead atoms. The fourth-order valence-corrected chi connectivity index (χ4v) is 4.04. The van der Waals surface area contributed by atoms with Crippen LogP contribution in [0.4, 0.5) is 0 Å². The number of alkyl halides is 1. The SMILES string of the molecule is CO[C@]1(C)C[C@H]2[C@@H](C[C@H]1I)C2(C)C. The zero-order valence-electron chi connectivity index (χ0n) is 8.93. The lowest BCUT2D eigenvalue weighted by Gasteiger charge is -2.36. The smallest absolute Gasteiger partial charge is 0.0770 e. The van der Waals surface area contributed by atoms with Gasteiger partial charge >= 0.3 is 0 Å². The highest BCUT2D eigenvalue weighted by Gasteiger charge is 2.63. The van der Waals surface area contributed by atoms with E-state index in [1.54, 1.807) is 0 Å². The summed E-state index contributed by atoms with van der Waals surface area (Å²) in [5.74, 6) is 1.89. The zero-order chi connectivity index (χ0) is 9.85. The van der Waals surface area contributed by atoms with Gasteiger partial charge < -0.3 is 4.74 Å². The quantitative estimate of drug-likeness (QED) is 0.533. The molecule has 0 unspecified atom stereocenters. The van der Waals surface area contributed by atoms with Crippen molar-refractivity contribution in [2.45, 2.75) is 43.1 Å². The minimum Gasteiger partial charge on any atom is -0.377 e. The largest absolute Gasteiger partial charge is 0.377 e. The molecule has 2 aliphatic rings. The molecule has 2 saturated carbocycles. The fraction of sp³-hybridized carbons (Fsp3) is 1.00. The van der Waals surface area contributed by atoms with Gasteiger partial charge in [0.2, 0.25) is 0 Å². The number of methoxy groups -OCH3 is 1. The molecule has 0 amide bonds. The van der Waals surface area contributed by atoms with Crippen LogP contribution in [0.25, 0.3) is 0 Å². The number of halogens is 1. The lowest BCUT2D eigenvalue weighted by molar-refractivity contribution is -0.0172. The Kier molecular flexibility index (Phi) is 2.24. The van der Waals surface area contributed by atoms with Crippen molar-refractivity contribution in [1.82, 2.24) is 0 Å². The second kappa shape index (κ2) is 2.84. The maximum Gasteiger partial charge on any atom is 0.0770 e. The molecule has 2 heteroatoms. The van der Waals surface area contributed by atoms with Gasteiger partial charge in [0, 0.05) is 11.0 Å². The predicted molar refractivity (Wildman–Crippen MR) is 63.2 cm³/mol. The standard InChI is InChI=1S/C11H19IO/c1-10(2)7-5-9(12)11(3,13-4)6-8(7)10/h7-9H,5-6H2,1-4H3/t7-,8+,9-,11-/m1/s1. The summed E-state index contributed by atoms with van der Waals surface area (Å²) >= 11 is 2.57. The Labute approximate surface area is 94.8 Å². The minimum absolute atomic E-state index is 0.134. The van der Waals surface area contributed by atoms with Gasteiger partial charge in [0.05, 0.1) is 5.60 Å². The van der Waals surface area contributed by atoms with Crippen molar-refractivity contribution in [3.63, 3.8) is 0 Å². The van der Waals surface area contributed by atoms with Crippen molar-refractivity contribution in [1.29, 1.82) is 0 Å². The number of hydrogen-bond donors (Lipinski definition) is 0. The van der Waals surface area contributed by atoms with Crippen LogP contribution in [0.3, 0.4) is 0 Å². The van der Waals surface area contributed by atoms with Crippen LogP contribution in [0, 0.1) is 17.3 Å². The summed E-state index contributed by atoms with van der Waals surface area (Å²) in [4.78, 5) is 0. The molecule has 0 spiro atoms. The molecule has 2 rings (SSSR count). The van der Waals surface area contributed by atoms with E-state index in [0.717, 1.165) is 11.8 Å². The molecule has 0 radical (unpaired) electrons. The van der Waals surface area contributed by atoms with Gasteiger partial charge in [0.15, 0.2) is 0 Å². The highest BCUT2D eigenvalue weighted by atomic mass is 127. The van der Waals surface area contributed by atoms with E-state index in [9.17, 15) is 0 Å². The monoisotopic (exact) mass is 294 g/mol. The van der Waals surface area contributed by atoms with Crippen LogP contribution >= 0.6 is 22.6 Å². The normalized spacial score (nSPS) is 52.8. The van der Waals surface area contributed by atoms with Gasteiger partial charge in [-0.25, -0.2) is 0 Å². The third-order valence-corrected chi connectivity index (χ3v) is 6.33. The van der Waals surface area contributed by atoms with Gasteiger partial charge in [-0.15, -0.1) is 0 Å².